The molecule has 0 bridgehead atoms. The number of benzene rings is 2. The third-order valence-corrected chi connectivity index (χ3v) is 4.95. The number of carbonyl (C=O) groups excluding carboxylic acids is 1. The van der Waals surface area contributed by atoms with Crippen molar-refractivity contribution in [2.24, 2.45) is 0 Å². The van der Waals surface area contributed by atoms with Gasteiger partial charge in [-0.2, -0.15) is 0 Å². The van der Waals surface area contributed by atoms with E-state index in [1.807, 2.05) is 0 Å². The number of halogens is 1. The fourth-order valence-electron chi connectivity index (χ4n) is 2.39. The number of nitrogens with zero attached hydrogens (tertiary/aromatic N) is 2. The molecular weight excluding hydrogens is 402 g/mol. The number of amides is 1. The van der Waals surface area contributed by atoms with Crippen molar-refractivity contribution in [3.05, 3.63) is 79.2 Å². The number of carbonyl (C=O) groups is 1. The van der Waals surface area contributed by atoms with Crippen LogP contribution in [0.2, 0.25) is 5.02 Å². The molecule has 0 fully saturated rings. The first kappa shape index (κ1) is 19.8. The second-order valence-electron chi connectivity index (χ2n) is 5.96. The normalized spacial score (nSPS) is 10.5. The van der Waals surface area contributed by atoms with Gasteiger partial charge in [-0.3, -0.25) is 14.9 Å². The second kappa shape index (κ2) is 8.81. The van der Waals surface area contributed by atoms with Crippen LogP contribution in [0.15, 0.2) is 47.8 Å². The Bertz CT molecular complexity index is 1000. The van der Waals surface area contributed by atoms with Gasteiger partial charge in [-0.15, -0.1) is 11.3 Å². The molecule has 3 rings (SSSR count). The molecule has 0 radical (unpaired) electrons. The van der Waals surface area contributed by atoms with Crippen LogP contribution < -0.4 is 10.1 Å². The lowest BCUT2D eigenvalue weighted by Gasteiger charge is -2.07. The number of thiazole rings is 1. The first-order valence-electron chi connectivity index (χ1n) is 8.27. The molecule has 0 aliphatic carbocycles. The standard InChI is InChI=1S/C19H16ClN3O4S/c1-12-2-5-15(23(25)26)9-17(12)22-18(24)8-14-11-28-19(21-14)10-27-16-6-3-13(20)4-7-16/h2-7,9,11H,8,10H2,1H3,(H,22,24). The van der Waals surface area contributed by atoms with Crippen molar-refractivity contribution in [1.29, 1.82) is 0 Å². The lowest BCUT2D eigenvalue weighted by Crippen LogP contribution is -2.15. The Kier molecular flexibility index (Phi) is 6.23. The first-order valence-corrected chi connectivity index (χ1v) is 9.53. The Morgan fingerprint density at radius 1 is 1.29 bits per heavy atom. The van der Waals surface area contributed by atoms with Crippen LogP contribution in [0.5, 0.6) is 5.75 Å². The monoisotopic (exact) mass is 417 g/mol. The van der Waals surface area contributed by atoms with Gasteiger partial charge in [0, 0.05) is 22.5 Å². The van der Waals surface area contributed by atoms with Crippen molar-refractivity contribution in [3.63, 3.8) is 0 Å². The largest absolute Gasteiger partial charge is 0.486 e. The summed E-state index contributed by atoms with van der Waals surface area (Å²) in [5, 5.41) is 16.8. The van der Waals surface area contributed by atoms with Gasteiger partial charge >= 0.3 is 0 Å². The molecule has 1 aromatic heterocycles. The van der Waals surface area contributed by atoms with Crippen LogP contribution in [-0.4, -0.2) is 15.8 Å². The van der Waals surface area contributed by atoms with E-state index < -0.39 is 4.92 Å². The number of non-ortho nitro benzene ring substituents is 1. The number of rotatable bonds is 7. The molecule has 3 aromatic rings. The van der Waals surface area contributed by atoms with Gasteiger partial charge in [0.15, 0.2) is 0 Å². The Balaban J connectivity index is 1.57. The summed E-state index contributed by atoms with van der Waals surface area (Å²) in [4.78, 5) is 27.1. The molecule has 1 heterocycles. The average Bonchev–Trinajstić information content (AvgIpc) is 3.10. The zero-order chi connectivity index (χ0) is 20.1. The lowest BCUT2D eigenvalue weighted by molar-refractivity contribution is -0.384. The van der Waals surface area contributed by atoms with E-state index >= 15 is 0 Å². The molecule has 28 heavy (non-hydrogen) atoms. The third-order valence-electron chi connectivity index (χ3n) is 3.82. The minimum Gasteiger partial charge on any atom is -0.486 e. The smallest absolute Gasteiger partial charge is 0.271 e. The number of aryl methyl sites for hydroxylation is 1. The number of hydrogen-bond acceptors (Lipinski definition) is 6. The van der Waals surface area contributed by atoms with E-state index in [1.165, 1.54) is 23.5 Å². The van der Waals surface area contributed by atoms with E-state index in [1.54, 1.807) is 42.6 Å². The fourth-order valence-corrected chi connectivity index (χ4v) is 3.22. The summed E-state index contributed by atoms with van der Waals surface area (Å²) < 4.78 is 5.64. The molecule has 2 aromatic carbocycles. The number of ether oxygens (including phenoxy) is 1. The van der Waals surface area contributed by atoms with E-state index in [2.05, 4.69) is 10.3 Å². The van der Waals surface area contributed by atoms with Crippen LogP contribution in [0.4, 0.5) is 11.4 Å². The predicted molar refractivity (Wildman–Crippen MR) is 108 cm³/mol. The Labute approximate surface area is 170 Å². The second-order valence-corrected chi connectivity index (χ2v) is 7.34. The number of nitro groups is 1. The minimum atomic E-state index is -0.498. The Morgan fingerprint density at radius 3 is 2.75 bits per heavy atom. The van der Waals surface area contributed by atoms with Crippen molar-refractivity contribution >= 4 is 40.2 Å². The molecule has 0 aliphatic heterocycles. The summed E-state index contributed by atoms with van der Waals surface area (Å²) >= 11 is 7.23. The predicted octanol–water partition coefficient (Wildman–Crippen LogP) is 4.77. The third kappa shape index (κ3) is 5.28. The van der Waals surface area contributed by atoms with Crippen molar-refractivity contribution in [1.82, 2.24) is 4.98 Å². The number of aromatic nitrogens is 1. The highest BCUT2D eigenvalue weighted by atomic mass is 35.5. The van der Waals surface area contributed by atoms with Crippen LogP contribution in [0.3, 0.4) is 0 Å². The van der Waals surface area contributed by atoms with Gasteiger partial charge in [0.05, 0.1) is 22.7 Å². The molecule has 0 spiro atoms. The van der Waals surface area contributed by atoms with Crippen LogP contribution in [-0.2, 0) is 17.8 Å². The summed E-state index contributed by atoms with van der Waals surface area (Å²) in [5.74, 6) is 0.388. The summed E-state index contributed by atoms with van der Waals surface area (Å²) in [5.41, 5.74) is 1.70. The average molecular weight is 418 g/mol. The SMILES string of the molecule is Cc1ccc([N+](=O)[O-])cc1NC(=O)Cc1csc(COc2ccc(Cl)cc2)n1. The molecule has 1 N–H and O–H groups in total. The van der Waals surface area contributed by atoms with Gasteiger partial charge in [-0.05, 0) is 36.8 Å². The van der Waals surface area contributed by atoms with Gasteiger partial charge < -0.3 is 10.1 Å². The summed E-state index contributed by atoms with van der Waals surface area (Å²) in [6.45, 7) is 2.06. The maximum absolute atomic E-state index is 12.3. The van der Waals surface area contributed by atoms with Crippen molar-refractivity contribution in [2.75, 3.05) is 5.32 Å². The zero-order valence-corrected chi connectivity index (χ0v) is 16.4. The number of hydrogen-bond donors (Lipinski definition) is 1. The van der Waals surface area contributed by atoms with Crippen molar-refractivity contribution < 1.29 is 14.5 Å². The Hall–Kier alpha value is -2.97. The topological polar surface area (TPSA) is 94.4 Å². The van der Waals surface area contributed by atoms with Crippen LogP contribution >= 0.6 is 22.9 Å². The first-order chi connectivity index (χ1) is 13.4. The highest BCUT2D eigenvalue weighted by molar-refractivity contribution is 7.09. The van der Waals surface area contributed by atoms with Gasteiger partial charge in [0.1, 0.15) is 17.4 Å². The molecule has 0 saturated carbocycles. The summed E-state index contributed by atoms with van der Waals surface area (Å²) in [7, 11) is 0. The highest BCUT2D eigenvalue weighted by Gasteiger charge is 2.13. The fraction of sp³-hybridized carbons (Fsp3) is 0.158. The van der Waals surface area contributed by atoms with Crippen molar-refractivity contribution in [2.45, 2.75) is 20.0 Å². The van der Waals surface area contributed by atoms with Crippen LogP contribution in [0, 0.1) is 17.0 Å². The van der Waals surface area contributed by atoms with Gasteiger partial charge in [0.2, 0.25) is 5.91 Å². The maximum Gasteiger partial charge on any atom is 0.271 e. The number of nitro benzene ring substituents is 1. The molecular formula is C19H16ClN3O4S. The molecule has 0 aliphatic rings. The molecule has 0 saturated heterocycles. The maximum atomic E-state index is 12.3. The van der Waals surface area contributed by atoms with Gasteiger partial charge in [-0.25, -0.2) is 4.98 Å². The van der Waals surface area contributed by atoms with Gasteiger partial charge in [-0.1, -0.05) is 17.7 Å². The van der Waals surface area contributed by atoms with E-state index in [-0.39, 0.29) is 24.6 Å². The van der Waals surface area contributed by atoms with E-state index in [0.717, 1.165) is 10.6 Å². The number of nitrogens with one attached hydrogen (secondary N) is 1. The summed E-state index contributed by atoms with van der Waals surface area (Å²) in [6, 6.07) is 11.4. The number of anilines is 1. The molecule has 144 valence electrons. The molecule has 9 heteroatoms. The Morgan fingerprint density at radius 2 is 2.04 bits per heavy atom. The van der Waals surface area contributed by atoms with Crippen LogP contribution in [0.25, 0.3) is 0 Å². The molecule has 0 atom stereocenters. The summed E-state index contributed by atoms with van der Waals surface area (Å²) in [6.07, 6.45) is 0.0690. The molecule has 0 unspecified atom stereocenters. The van der Waals surface area contributed by atoms with E-state index in [0.29, 0.717) is 22.2 Å². The van der Waals surface area contributed by atoms with E-state index in [4.69, 9.17) is 16.3 Å². The zero-order valence-electron chi connectivity index (χ0n) is 14.8. The van der Waals surface area contributed by atoms with Gasteiger partial charge in [0.25, 0.3) is 5.69 Å². The molecule has 1 amide bonds. The van der Waals surface area contributed by atoms with Crippen LogP contribution in [0.1, 0.15) is 16.3 Å². The lowest BCUT2D eigenvalue weighted by atomic mass is 10.1. The van der Waals surface area contributed by atoms with Crippen molar-refractivity contribution in [3.8, 4) is 5.75 Å². The highest BCUT2D eigenvalue weighted by Crippen LogP contribution is 2.22. The van der Waals surface area contributed by atoms with E-state index in [9.17, 15) is 14.9 Å². The minimum absolute atomic E-state index is 0.0690. The molecule has 7 nitrogen and oxygen atoms in total. The quantitative estimate of drug-likeness (QED) is 0.441.